The van der Waals surface area contributed by atoms with Crippen LogP contribution in [0, 0.1) is 3.57 Å². The minimum absolute atomic E-state index is 0.782. The predicted octanol–water partition coefficient (Wildman–Crippen LogP) is 5.33. The molecule has 2 aromatic heterocycles. The zero-order valence-electron chi connectivity index (χ0n) is 10.4. The van der Waals surface area contributed by atoms with Crippen LogP contribution in [0.4, 0.5) is 5.82 Å². The van der Waals surface area contributed by atoms with Gasteiger partial charge in [-0.2, -0.15) is 0 Å². The summed E-state index contributed by atoms with van der Waals surface area (Å²) in [6.45, 7) is 5.04. The summed E-state index contributed by atoms with van der Waals surface area (Å²) in [6.07, 6.45) is 0.903. The van der Waals surface area contributed by atoms with Crippen molar-refractivity contribution in [3.63, 3.8) is 0 Å². The van der Waals surface area contributed by atoms with Gasteiger partial charge in [0.1, 0.15) is 5.82 Å². The van der Waals surface area contributed by atoms with E-state index in [0.29, 0.717) is 0 Å². The van der Waals surface area contributed by atoms with Crippen LogP contribution in [-0.4, -0.2) is 16.5 Å². The van der Waals surface area contributed by atoms with Crippen molar-refractivity contribution in [1.29, 1.82) is 0 Å². The highest BCUT2D eigenvalue weighted by molar-refractivity contribution is 14.1. The molecule has 0 saturated carbocycles. The molecule has 2 heterocycles. The van der Waals surface area contributed by atoms with Gasteiger partial charge in [0, 0.05) is 11.0 Å². The van der Waals surface area contributed by atoms with Crippen LogP contribution in [0.2, 0.25) is 0 Å². The predicted molar refractivity (Wildman–Crippen MR) is 97.0 cm³/mol. The number of hydrogen-bond acceptors (Lipinski definition) is 4. The molecule has 0 aliphatic heterocycles. The Morgan fingerprint density at radius 2 is 2.05 bits per heavy atom. The molecule has 19 heavy (non-hydrogen) atoms. The lowest BCUT2D eigenvalue weighted by molar-refractivity contribution is 0.985. The lowest BCUT2D eigenvalue weighted by Gasteiger charge is -2.10. The maximum Gasteiger partial charge on any atom is 0.172 e. The van der Waals surface area contributed by atoms with E-state index in [1.54, 1.807) is 11.3 Å². The summed E-state index contributed by atoms with van der Waals surface area (Å²) in [5.41, 5.74) is 1.09. The van der Waals surface area contributed by atoms with Crippen molar-refractivity contribution in [2.24, 2.45) is 0 Å². The van der Waals surface area contributed by atoms with E-state index in [-0.39, 0.29) is 0 Å². The van der Waals surface area contributed by atoms with Gasteiger partial charge in [0.25, 0.3) is 0 Å². The fraction of sp³-hybridized carbons (Fsp3) is 0.333. The SMILES string of the molecule is CCNc1nc(-c2cc(Br)c(Br)s2)nc(CC)c1I. The van der Waals surface area contributed by atoms with E-state index in [0.717, 1.165) is 47.0 Å². The Labute approximate surface area is 147 Å². The molecule has 0 unspecified atom stereocenters. The van der Waals surface area contributed by atoms with Crippen molar-refractivity contribution in [3.8, 4) is 10.7 Å². The second-order valence-corrected chi connectivity index (χ2v) is 8.08. The fourth-order valence-electron chi connectivity index (χ4n) is 1.58. The van der Waals surface area contributed by atoms with Crippen molar-refractivity contribution in [2.75, 3.05) is 11.9 Å². The van der Waals surface area contributed by atoms with Crippen molar-refractivity contribution in [1.82, 2.24) is 9.97 Å². The first-order valence-electron chi connectivity index (χ1n) is 5.82. The van der Waals surface area contributed by atoms with E-state index in [9.17, 15) is 0 Å². The second-order valence-electron chi connectivity index (χ2n) is 3.77. The summed E-state index contributed by atoms with van der Waals surface area (Å²) in [4.78, 5) is 10.4. The first kappa shape index (κ1) is 15.7. The van der Waals surface area contributed by atoms with Gasteiger partial charge < -0.3 is 5.32 Å². The Balaban J connectivity index is 2.54. The molecule has 0 fully saturated rings. The highest BCUT2D eigenvalue weighted by Gasteiger charge is 2.14. The minimum Gasteiger partial charge on any atom is -0.369 e. The van der Waals surface area contributed by atoms with Gasteiger partial charge in [0.05, 0.1) is 17.9 Å². The highest BCUT2D eigenvalue weighted by atomic mass is 127. The minimum atomic E-state index is 0.782. The Hall–Kier alpha value is 0.270. The van der Waals surface area contributed by atoms with Crippen LogP contribution < -0.4 is 5.32 Å². The molecule has 1 N–H and O–H groups in total. The van der Waals surface area contributed by atoms with E-state index in [4.69, 9.17) is 0 Å². The molecule has 0 saturated heterocycles. The van der Waals surface area contributed by atoms with Gasteiger partial charge in [-0.05, 0) is 73.9 Å². The maximum absolute atomic E-state index is 4.67. The number of hydrogen-bond donors (Lipinski definition) is 1. The summed E-state index contributed by atoms with van der Waals surface area (Å²) in [7, 11) is 0. The first-order chi connectivity index (χ1) is 9.06. The van der Waals surface area contributed by atoms with E-state index in [1.165, 1.54) is 0 Å². The molecule has 2 rings (SSSR count). The normalized spacial score (nSPS) is 10.8. The summed E-state index contributed by atoms with van der Waals surface area (Å²) in [5, 5.41) is 3.30. The van der Waals surface area contributed by atoms with Crippen LogP contribution in [0.25, 0.3) is 10.7 Å². The number of aromatic nitrogens is 2. The molecular formula is C12H12Br2IN3S. The number of halogens is 3. The highest BCUT2D eigenvalue weighted by Crippen LogP contribution is 2.37. The molecule has 3 nitrogen and oxygen atoms in total. The van der Waals surface area contributed by atoms with Gasteiger partial charge in [0.15, 0.2) is 5.82 Å². The van der Waals surface area contributed by atoms with Gasteiger partial charge in [-0.15, -0.1) is 11.3 Å². The van der Waals surface area contributed by atoms with Gasteiger partial charge in [-0.3, -0.25) is 0 Å². The molecule has 0 aromatic carbocycles. The van der Waals surface area contributed by atoms with Crippen LogP contribution in [-0.2, 0) is 6.42 Å². The lowest BCUT2D eigenvalue weighted by atomic mass is 10.3. The molecule has 0 radical (unpaired) electrons. The van der Waals surface area contributed by atoms with Gasteiger partial charge in [-0.1, -0.05) is 6.92 Å². The topological polar surface area (TPSA) is 37.8 Å². The maximum atomic E-state index is 4.67. The molecule has 0 aliphatic carbocycles. The van der Waals surface area contributed by atoms with Gasteiger partial charge in [0.2, 0.25) is 0 Å². The van der Waals surface area contributed by atoms with Crippen molar-refractivity contribution >= 4 is 71.6 Å². The molecule has 0 atom stereocenters. The number of aryl methyl sites for hydroxylation is 1. The summed E-state index contributed by atoms with van der Waals surface area (Å²) in [5.74, 6) is 1.70. The van der Waals surface area contributed by atoms with Crippen LogP contribution >= 0.6 is 65.8 Å². The third-order valence-electron chi connectivity index (χ3n) is 2.46. The smallest absolute Gasteiger partial charge is 0.172 e. The summed E-state index contributed by atoms with van der Waals surface area (Å²) < 4.78 is 3.21. The Bertz CT molecular complexity index is 581. The molecule has 0 spiro atoms. The molecule has 2 aromatic rings. The van der Waals surface area contributed by atoms with Crippen molar-refractivity contribution < 1.29 is 0 Å². The molecule has 7 heteroatoms. The summed E-state index contributed by atoms with van der Waals surface area (Å²) in [6, 6.07) is 2.05. The lowest BCUT2D eigenvalue weighted by Crippen LogP contribution is -2.07. The Morgan fingerprint density at radius 1 is 1.32 bits per heavy atom. The van der Waals surface area contributed by atoms with E-state index >= 15 is 0 Å². The zero-order chi connectivity index (χ0) is 14.0. The molecule has 0 aliphatic rings. The third-order valence-corrected chi connectivity index (χ3v) is 6.85. The number of nitrogens with zero attached hydrogens (tertiary/aromatic N) is 2. The molecular weight excluding hydrogens is 505 g/mol. The van der Waals surface area contributed by atoms with Crippen molar-refractivity contribution in [2.45, 2.75) is 20.3 Å². The van der Waals surface area contributed by atoms with Gasteiger partial charge in [-0.25, -0.2) is 9.97 Å². The first-order valence-corrected chi connectivity index (χ1v) is 9.30. The summed E-state index contributed by atoms with van der Waals surface area (Å²) >= 11 is 11.0. The Morgan fingerprint density at radius 3 is 2.58 bits per heavy atom. The third kappa shape index (κ3) is 3.48. The number of nitrogens with one attached hydrogen (secondary N) is 1. The van der Waals surface area contributed by atoms with Crippen LogP contribution in [0.3, 0.4) is 0 Å². The van der Waals surface area contributed by atoms with Gasteiger partial charge >= 0.3 is 0 Å². The molecule has 0 amide bonds. The van der Waals surface area contributed by atoms with Crippen molar-refractivity contribution in [3.05, 3.63) is 23.6 Å². The average Bonchev–Trinajstić information content (AvgIpc) is 2.72. The number of rotatable bonds is 4. The average molecular weight is 517 g/mol. The van der Waals surface area contributed by atoms with Crippen LogP contribution in [0.5, 0.6) is 0 Å². The standard InChI is InChI=1S/C12H12Br2IN3S/c1-3-7-9(15)12(16-4-2)18-11(17-7)8-5-6(13)10(14)19-8/h5H,3-4H2,1-2H3,(H,16,17,18). The second kappa shape index (κ2) is 6.82. The number of thiophene rings is 1. The molecule has 102 valence electrons. The Kier molecular flexibility index (Phi) is 5.62. The van der Waals surface area contributed by atoms with E-state index in [2.05, 4.69) is 83.6 Å². The monoisotopic (exact) mass is 515 g/mol. The van der Waals surface area contributed by atoms with Crippen LogP contribution in [0.15, 0.2) is 14.3 Å². The molecule has 0 bridgehead atoms. The quantitative estimate of drug-likeness (QED) is 0.558. The number of anilines is 1. The fourth-order valence-corrected chi connectivity index (χ4v) is 4.36. The van der Waals surface area contributed by atoms with E-state index in [1.807, 2.05) is 6.07 Å². The van der Waals surface area contributed by atoms with E-state index < -0.39 is 0 Å². The zero-order valence-corrected chi connectivity index (χ0v) is 16.6. The van der Waals surface area contributed by atoms with Crippen LogP contribution in [0.1, 0.15) is 19.5 Å². The largest absolute Gasteiger partial charge is 0.369 e.